The summed E-state index contributed by atoms with van der Waals surface area (Å²) in [5.41, 5.74) is -0.660. The first-order chi connectivity index (χ1) is 11.8. The molecular weight excluding hydrogens is 324 g/mol. The molecule has 0 aromatic heterocycles. The van der Waals surface area contributed by atoms with Crippen molar-refractivity contribution in [2.45, 2.75) is 50.4 Å². The molecule has 4 N–H and O–H groups in total. The maximum absolute atomic E-state index is 12.6. The van der Waals surface area contributed by atoms with Crippen LogP contribution in [0.4, 0.5) is 4.79 Å². The van der Waals surface area contributed by atoms with E-state index in [0.29, 0.717) is 12.8 Å². The molecule has 7 nitrogen and oxygen atoms in total. The number of benzene rings is 1. The van der Waals surface area contributed by atoms with Crippen LogP contribution in [-0.4, -0.2) is 57.0 Å². The average Bonchev–Trinajstić information content (AvgIpc) is 2.59. The minimum absolute atomic E-state index is 0.0725. The number of nitrogens with zero attached hydrogens (tertiary/aromatic N) is 1. The first kappa shape index (κ1) is 19.2. The molecule has 7 heteroatoms. The van der Waals surface area contributed by atoms with Crippen molar-refractivity contribution in [1.29, 1.82) is 0 Å². The Morgan fingerprint density at radius 3 is 2.32 bits per heavy atom. The maximum Gasteiger partial charge on any atom is 0.407 e. The monoisotopic (exact) mass is 350 g/mol. The molecule has 1 aromatic carbocycles. The van der Waals surface area contributed by atoms with Crippen molar-refractivity contribution < 1.29 is 24.9 Å². The highest BCUT2D eigenvalue weighted by molar-refractivity contribution is 5.85. The molecule has 0 saturated carbocycles. The Balaban J connectivity index is 2.04. The van der Waals surface area contributed by atoms with E-state index >= 15 is 0 Å². The van der Waals surface area contributed by atoms with Gasteiger partial charge in [-0.05, 0) is 25.3 Å². The molecule has 1 heterocycles. The van der Waals surface area contributed by atoms with Gasteiger partial charge >= 0.3 is 6.09 Å². The van der Waals surface area contributed by atoms with E-state index in [-0.39, 0.29) is 32.0 Å². The zero-order chi connectivity index (χ0) is 18.4. The Kier molecular flexibility index (Phi) is 6.39. The van der Waals surface area contributed by atoms with Crippen LogP contribution in [0, 0.1) is 0 Å². The molecule has 1 aromatic rings. The Hall–Kier alpha value is -2.12. The van der Waals surface area contributed by atoms with Crippen molar-refractivity contribution in [3.8, 4) is 0 Å². The molecular formula is C18H26N2O5. The lowest BCUT2D eigenvalue weighted by atomic mass is 9.89. The topological polar surface area (TPSA) is 110 Å². The van der Waals surface area contributed by atoms with Gasteiger partial charge < -0.3 is 25.5 Å². The summed E-state index contributed by atoms with van der Waals surface area (Å²) in [7, 11) is 0. The van der Waals surface area contributed by atoms with Gasteiger partial charge in [-0.25, -0.2) is 4.79 Å². The quantitative estimate of drug-likeness (QED) is 0.622. The van der Waals surface area contributed by atoms with Gasteiger partial charge in [-0.1, -0.05) is 30.3 Å². The van der Waals surface area contributed by atoms with Crippen molar-refractivity contribution in [3.05, 3.63) is 35.9 Å². The molecule has 0 spiro atoms. The highest BCUT2D eigenvalue weighted by Crippen LogP contribution is 2.26. The predicted molar refractivity (Wildman–Crippen MR) is 92.0 cm³/mol. The van der Waals surface area contributed by atoms with E-state index in [1.165, 1.54) is 4.90 Å². The van der Waals surface area contributed by atoms with Gasteiger partial charge in [0.15, 0.2) is 0 Å². The first-order valence-corrected chi connectivity index (χ1v) is 8.56. The lowest BCUT2D eigenvalue weighted by Gasteiger charge is -2.36. The van der Waals surface area contributed by atoms with Crippen LogP contribution in [0.2, 0.25) is 0 Å². The molecule has 2 amide bonds. The predicted octanol–water partition coefficient (Wildman–Crippen LogP) is 1.51. The van der Waals surface area contributed by atoms with Gasteiger partial charge in [0, 0.05) is 25.9 Å². The Bertz CT molecular complexity index is 582. The number of hydrogen-bond donors (Lipinski definition) is 4. The molecule has 2 rings (SSSR count). The first-order valence-electron chi connectivity index (χ1n) is 8.56. The fourth-order valence-electron chi connectivity index (χ4n) is 3.00. The van der Waals surface area contributed by atoms with Gasteiger partial charge in [0.05, 0.1) is 12.1 Å². The number of rotatable bonds is 6. The maximum atomic E-state index is 12.6. The smallest absolute Gasteiger partial charge is 0.407 e. The molecule has 1 unspecified atom stereocenters. The number of hydrogen-bond acceptors (Lipinski definition) is 4. The van der Waals surface area contributed by atoms with Crippen LogP contribution in [0.25, 0.3) is 0 Å². The number of amides is 2. The standard InChI is InChI=1S/C18H26N2O5/c1-13(21)7-8-15(14-5-3-2-4-6-14)19-16(22)18(25)9-11-20(12-10-18)17(23)24/h2-6,13,15,21,25H,7-12H2,1H3,(H,19,22)(H,23,24)/t13?,15-/m0/s1. The summed E-state index contributed by atoms with van der Waals surface area (Å²) in [4.78, 5) is 24.8. The zero-order valence-electron chi connectivity index (χ0n) is 14.4. The second-order valence-electron chi connectivity index (χ2n) is 6.66. The third kappa shape index (κ3) is 5.17. The normalized spacial score (nSPS) is 19.1. The van der Waals surface area contributed by atoms with Crippen LogP contribution in [0.1, 0.15) is 44.2 Å². The minimum Gasteiger partial charge on any atom is -0.465 e. The molecule has 1 aliphatic heterocycles. The molecule has 2 atom stereocenters. The molecule has 1 saturated heterocycles. The van der Waals surface area contributed by atoms with Crippen molar-refractivity contribution >= 4 is 12.0 Å². The summed E-state index contributed by atoms with van der Waals surface area (Å²) >= 11 is 0. The fourth-order valence-corrected chi connectivity index (χ4v) is 3.00. The van der Waals surface area contributed by atoms with Crippen molar-refractivity contribution in [2.75, 3.05) is 13.1 Å². The molecule has 1 aliphatic rings. The van der Waals surface area contributed by atoms with E-state index in [9.17, 15) is 19.8 Å². The third-order valence-corrected chi connectivity index (χ3v) is 4.66. The number of nitrogens with one attached hydrogen (secondary N) is 1. The van der Waals surface area contributed by atoms with Crippen LogP contribution in [0.15, 0.2) is 30.3 Å². The third-order valence-electron chi connectivity index (χ3n) is 4.66. The second kappa shape index (κ2) is 8.31. The second-order valence-corrected chi connectivity index (χ2v) is 6.66. The Morgan fingerprint density at radius 1 is 1.20 bits per heavy atom. The highest BCUT2D eigenvalue weighted by Gasteiger charge is 2.41. The van der Waals surface area contributed by atoms with Crippen LogP contribution in [0.3, 0.4) is 0 Å². The molecule has 0 bridgehead atoms. The highest BCUT2D eigenvalue weighted by atomic mass is 16.4. The number of piperidine rings is 1. The molecule has 138 valence electrons. The molecule has 1 fully saturated rings. The summed E-state index contributed by atoms with van der Waals surface area (Å²) in [5, 5.41) is 32.0. The molecule has 0 aliphatic carbocycles. The zero-order valence-corrected chi connectivity index (χ0v) is 14.4. The van der Waals surface area contributed by atoms with Gasteiger partial charge in [-0.15, -0.1) is 0 Å². The van der Waals surface area contributed by atoms with E-state index in [1.807, 2.05) is 30.3 Å². The number of aliphatic hydroxyl groups is 2. The minimum atomic E-state index is -1.57. The van der Waals surface area contributed by atoms with Crippen LogP contribution in [-0.2, 0) is 4.79 Å². The number of likely N-dealkylation sites (tertiary alicyclic amines) is 1. The van der Waals surface area contributed by atoms with Gasteiger partial charge in [0.2, 0.25) is 0 Å². The van der Waals surface area contributed by atoms with Crippen molar-refractivity contribution in [2.24, 2.45) is 0 Å². The Morgan fingerprint density at radius 2 is 1.80 bits per heavy atom. The largest absolute Gasteiger partial charge is 0.465 e. The van der Waals surface area contributed by atoms with E-state index < -0.39 is 23.7 Å². The molecule has 0 radical (unpaired) electrons. The fraction of sp³-hybridized carbons (Fsp3) is 0.556. The lowest BCUT2D eigenvalue weighted by molar-refractivity contribution is -0.145. The summed E-state index contributed by atoms with van der Waals surface area (Å²) in [6.07, 6.45) is -0.311. The van der Waals surface area contributed by atoms with Crippen LogP contribution >= 0.6 is 0 Å². The lowest BCUT2D eigenvalue weighted by Crippen LogP contribution is -2.55. The van der Waals surface area contributed by atoms with E-state index in [2.05, 4.69) is 5.32 Å². The average molecular weight is 350 g/mol. The van der Waals surface area contributed by atoms with Crippen LogP contribution in [0.5, 0.6) is 0 Å². The number of carbonyl (C=O) groups is 2. The Labute approximate surface area is 147 Å². The van der Waals surface area contributed by atoms with Crippen molar-refractivity contribution in [1.82, 2.24) is 10.2 Å². The SMILES string of the molecule is CC(O)CC[C@H](NC(=O)C1(O)CCN(C(=O)O)CC1)c1ccccc1. The summed E-state index contributed by atoms with van der Waals surface area (Å²) in [6.45, 7) is 1.95. The van der Waals surface area contributed by atoms with Gasteiger partial charge in [0.25, 0.3) is 5.91 Å². The summed E-state index contributed by atoms with van der Waals surface area (Å²) in [5.74, 6) is -0.489. The number of carbonyl (C=O) groups excluding carboxylic acids is 1. The number of aliphatic hydroxyl groups excluding tert-OH is 1. The number of carboxylic acid groups (broad SMARTS) is 1. The van der Waals surface area contributed by atoms with Gasteiger partial charge in [0.1, 0.15) is 5.60 Å². The van der Waals surface area contributed by atoms with Crippen LogP contribution < -0.4 is 5.32 Å². The van der Waals surface area contributed by atoms with E-state index in [1.54, 1.807) is 6.92 Å². The summed E-state index contributed by atoms with van der Waals surface area (Å²) in [6, 6.07) is 9.10. The van der Waals surface area contributed by atoms with Crippen molar-refractivity contribution in [3.63, 3.8) is 0 Å². The van der Waals surface area contributed by atoms with E-state index in [4.69, 9.17) is 5.11 Å². The molecule has 25 heavy (non-hydrogen) atoms. The van der Waals surface area contributed by atoms with E-state index in [0.717, 1.165) is 5.56 Å². The summed E-state index contributed by atoms with van der Waals surface area (Å²) < 4.78 is 0. The van der Waals surface area contributed by atoms with Gasteiger partial charge in [-0.2, -0.15) is 0 Å². The van der Waals surface area contributed by atoms with Gasteiger partial charge in [-0.3, -0.25) is 4.79 Å².